The first-order chi connectivity index (χ1) is 12.1. The van der Waals surface area contributed by atoms with Crippen molar-refractivity contribution in [3.8, 4) is 0 Å². The minimum absolute atomic E-state index is 0.0963. The molecule has 1 unspecified atom stereocenters. The molecule has 1 aliphatic carbocycles. The largest absolute Gasteiger partial charge is 0.353 e. The van der Waals surface area contributed by atoms with Crippen LogP contribution in [0.3, 0.4) is 0 Å². The lowest BCUT2D eigenvalue weighted by Crippen LogP contribution is -2.37. The number of carbonyl (C=O) groups excluding carboxylic acids is 2. The Hall–Kier alpha value is -2.54. The second kappa shape index (κ2) is 7.57. The summed E-state index contributed by atoms with van der Waals surface area (Å²) in [6, 6.07) is 7.53. The van der Waals surface area contributed by atoms with Gasteiger partial charge >= 0.3 is 0 Å². The van der Waals surface area contributed by atoms with Crippen molar-refractivity contribution in [1.82, 2.24) is 20.2 Å². The number of aromatic amines is 1. The van der Waals surface area contributed by atoms with Crippen molar-refractivity contribution in [3.63, 3.8) is 0 Å². The Morgan fingerprint density at radius 3 is 2.68 bits per heavy atom. The normalized spacial score (nSPS) is 19.8. The number of fused-ring (bicyclic) bond motifs is 1. The van der Waals surface area contributed by atoms with Crippen LogP contribution in [0.1, 0.15) is 29.9 Å². The average molecular weight is 341 g/mol. The topological polar surface area (TPSA) is 90.4 Å². The molecule has 2 aromatic rings. The van der Waals surface area contributed by atoms with Gasteiger partial charge in [0.05, 0.1) is 17.6 Å². The van der Waals surface area contributed by atoms with E-state index in [9.17, 15) is 9.59 Å². The maximum atomic E-state index is 11.9. The molecule has 0 bridgehead atoms. The number of ketones is 1. The fourth-order valence-corrected chi connectivity index (χ4v) is 2.92. The number of aromatic nitrogens is 2. The van der Waals surface area contributed by atoms with Crippen molar-refractivity contribution in [2.24, 2.45) is 10.9 Å². The van der Waals surface area contributed by atoms with E-state index in [1.54, 1.807) is 0 Å². The number of carbonyl (C=O) groups is 2. The van der Waals surface area contributed by atoms with Crippen molar-refractivity contribution >= 4 is 28.9 Å². The second-order valence-corrected chi connectivity index (χ2v) is 6.39. The van der Waals surface area contributed by atoms with Gasteiger partial charge < -0.3 is 9.88 Å². The number of hydrogen-bond acceptors (Lipinski definition) is 6. The van der Waals surface area contributed by atoms with Gasteiger partial charge in [0, 0.05) is 13.0 Å². The van der Waals surface area contributed by atoms with Gasteiger partial charge in [0.25, 0.3) is 0 Å². The third kappa shape index (κ3) is 3.76. The van der Waals surface area contributed by atoms with E-state index < -0.39 is 0 Å². The summed E-state index contributed by atoms with van der Waals surface area (Å²) in [4.78, 5) is 35.4. The zero-order valence-electron chi connectivity index (χ0n) is 14.5. The predicted octanol–water partition coefficient (Wildman–Crippen LogP) is 1.62. The molecule has 25 heavy (non-hydrogen) atoms. The van der Waals surface area contributed by atoms with Crippen molar-refractivity contribution < 1.29 is 9.59 Å². The molecule has 1 fully saturated rings. The standard InChI is InChI=1S/C10H17N3O.C8H6N2O/c1-11-8-6-13(2)10(12-8)9(14)7-4-3-5-7;11-5-8-9-6-3-1-2-4-7(6)10-8/h7-8,11H,3-6H2,1-2H3;1-5H,(H,9,10). The quantitative estimate of drug-likeness (QED) is 0.825. The number of para-hydroxylation sites is 2. The van der Waals surface area contributed by atoms with Gasteiger partial charge in [-0.05, 0) is 32.0 Å². The maximum absolute atomic E-state index is 11.9. The van der Waals surface area contributed by atoms with Crippen LogP contribution in [0.5, 0.6) is 0 Å². The van der Waals surface area contributed by atoms with Gasteiger partial charge in [-0.2, -0.15) is 0 Å². The van der Waals surface area contributed by atoms with Crippen LogP contribution >= 0.6 is 0 Å². The van der Waals surface area contributed by atoms with Crippen molar-refractivity contribution in [1.29, 1.82) is 0 Å². The Kier molecular flexibility index (Phi) is 5.23. The molecule has 0 radical (unpaired) electrons. The number of nitrogens with one attached hydrogen (secondary N) is 2. The van der Waals surface area contributed by atoms with E-state index in [0.717, 1.165) is 30.4 Å². The van der Waals surface area contributed by atoms with E-state index in [2.05, 4.69) is 20.3 Å². The molecule has 2 aliphatic rings. The van der Waals surface area contributed by atoms with Crippen LogP contribution in [-0.2, 0) is 4.79 Å². The first kappa shape index (κ1) is 17.3. The van der Waals surface area contributed by atoms with Crippen molar-refractivity contribution in [3.05, 3.63) is 30.1 Å². The molecule has 2 N–H and O–H groups in total. The first-order valence-electron chi connectivity index (χ1n) is 8.52. The lowest BCUT2D eigenvalue weighted by molar-refractivity contribution is -0.119. The van der Waals surface area contributed by atoms with Crippen molar-refractivity contribution in [2.45, 2.75) is 25.4 Å². The summed E-state index contributed by atoms with van der Waals surface area (Å²) in [7, 11) is 3.81. The van der Waals surface area contributed by atoms with E-state index in [1.807, 2.05) is 43.3 Å². The third-order valence-electron chi connectivity index (χ3n) is 4.64. The number of imidazole rings is 1. The van der Waals surface area contributed by atoms with Crippen LogP contribution < -0.4 is 5.32 Å². The fraction of sp³-hybridized carbons (Fsp3) is 0.444. The minimum Gasteiger partial charge on any atom is -0.353 e. The predicted molar refractivity (Wildman–Crippen MR) is 96.7 cm³/mol. The van der Waals surface area contributed by atoms with Crippen LogP contribution in [-0.4, -0.2) is 59.6 Å². The molecule has 1 aromatic carbocycles. The molecule has 7 heteroatoms. The molecule has 2 heterocycles. The number of hydrogen-bond donors (Lipinski definition) is 2. The Balaban J connectivity index is 0.000000150. The highest BCUT2D eigenvalue weighted by atomic mass is 16.1. The van der Waals surface area contributed by atoms with Gasteiger partial charge in [-0.3, -0.25) is 14.9 Å². The van der Waals surface area contributed by atoms with Crippen LogP contribution in [0.15, 0.2) is 29.3 Å². The summed E-state index contributed by atoms with van der Waals surface area (Å²) in [6.07, 6.45) is 4.10. The fourth-order valence-electron chi connectivity index (χ4n) is 2.92. The van der Waals surface area contributed by atoms with Gasteiger partial charge in [-0.15, -0.1) is 0 Å². The molecule has 132 valence electrons. The van der Waals surface area contributed by atoms with Crippen LogP contribution in [0.2, 0.25) is 0 Å². The molecular weight excluding hydrogens is 318 g/mol. The molecule has 1 atom stereocenters. The molecule has 1 saturated carbocycles. The number of aliphatic imine (C=N–C) groups is 1. The summed E-state index contributed by atoms with van der Waals surface area (Å²) in [5.74, 6) is 1.56. The summed E-state index contributed by atoms with van der Waals surface area (Å²) in [6.45, 7) is 0.810. The molecule has 0 amide bonds. The number of rotatable bonds is 4. The molecule has 0 spiro atoms. The molecule has 0 saturated heterocycles. The number of Topliss-reactive ketones (excluding diaryl/α,β-unsaturated/α-hetero) is 1. The number of likely N-dealkylation sites (N-methyl/N-ethyl adjacent to an activating group) is 2. The van der Waals surface area contributed by atoms with Crippen LogP contribution in [0.25, 0.3) is 11.0 Å². The zero-order chi connectivity index (χ0) is 17.8. The average Bonchev–Trinajstić information content (AvgIpc) is 3.16. The van der Waals surface area contributed by atoms with Gasteiger partial charge in [-0.1, -0.05) is 18.6 Å². The maximum Gasteiger partial charge on any atom is 0.200 e. The number of H-pyrrole nitrogens is 1. The van der Waals surface area contributed by atoms with E-state index in [1.165, 1.54) is 6.42 Å². The Bertz CT molecular complexity index is 761. The first-order valence-corrected chi connectivity index (χ1v) is 8.52. The van der Waals surface area contributed by atoms with E-state index in [0.29, 0.717) is 17.9 Å². The lowest BCUT2D eigenvalue weighted by Gasteiger charge is -2.25. The summed E-state index contributed by atoms with van der Waals surface area (Å²) in [5.41, 5.74) is 1.73. The number of amidine groups is 1. The van der Waals surface area contributed by atoms with Crippen molar-refractivity contribution in [2.75, 3.05) is 20.6 Å². The molecular formula is C18H23N5O2. The van der Waals surface area contributed by atoms with Gasteiger partial charge in [0.2, 0.25) is 5.78 Å². The summed E-state index contributed by atoms with van der Waals surface area (Å²) >= 11 is 0. The minimum atomic E-state index is 0.0963. The van der Waals surface area contributed by atoms with Crippen LogP contribution in [0.4, 0.5) is 0 Å². The van der Waals surface area contributed by atoms with Gasteiger partial charge in [0.15, 0.2) is 17.9 Å². The Morgan fingerprint density at radius 2 is 2.12 bits per heavy atom. The summed E-state index contributed by atoms with van der Waals surface area (Å²) < 4.78 is 0. The monoisotopic (exact) mass is 341 g/mol. The lowest BCUT2D eigenvalue weighted by atomic mass is 9.81. The molecule has 4 rings (SSSR count). The Labute approximate surface area is 146 Å². The SMILES string of the molecule is CNC1CN(C)C(C(=O)C2CCC2)=N1.O=Cc1nc2ccccc2[nH]1. The molecule has 1 aromatic heterocycles. The highest BCUT2D eigenvalue weighted by molar-refractivity contribution is 6.40. The smallest absolute Gasteiger partial charge is 0.200 e. The van der Waals surface area contributed by atoms with Crippen LogP contribution in [0, 0.1) is 5.92 Å². The highest BCUT2D eigenvalue weighted by Crippen LogP contribution is 2.28. The van der Waals surface area contributed by atoms with Gasteiger partial charge in [-0.25, -0.2) is 9.98 Å². The highest BCUT2D eigenvalue weighted by Gasteiger charge is 2.33. The Morgan fingerprint density at radius 1 is 1.36 bits per heavy atom. The second-order valence-electron chi connectivity index (χ2n) is 6.39. The summed E-state index contributed by atoms with van der Waals surface area (Å²) in [5, 5.41) is 3.07. The van der Waals surface area contributed by atoms with Gasteiger partial charge in [0.1, 0.15) is 6.17 Å². The van der Waals surface area contributed by atoms with E-state index in [4.69, 9.17) is 0 Å². The number of benzene rings is 1. The molecule has 1 aliphatic heterocycles. The zero-order valence-corrected chi connectivity index (χ0v) is 14.5. The number of nitrogens with zero attached hydrogens (tertiary/aromatic N) is 3. The molecule has 7 nitrogen and oxygen atoms in total. The van der Waals surface area contributed by atoms with E-state index in [-0.39, 0.29) is 17.9 Å². The third-order valence-corrected chi connectivity index (χ3v) is 4.64. The number of aldehydes is 1. The van der Waals surface area contributed by atoms with E-state index >= 15 is 0 Å².